The number of hydrogen-bond donors (Lipinski definition) is 1. The van der Waals surface area contributed by atoms with Crippen LogP contribution in [0.5, 0.6) is 0 Å². The molecule has 0 unspecified atom stereocenters. The van der Waals surface area contributed by atoms with Crippen molar-refractivity contribution in [1.82, 2.24) is 9.55 Å². The largest absolute Gasteiger partial charge is 0.383 e. The van der Waals surface area contributed by atoms with Crippen LogP contribution >= 0.6 is 15.9 Å². The first kappa shape index (κ1) is 11.8. The van der Waals surface area contributed by atoms with Crippen LogP contribution in [-0.2, 0) is 7.05 Å². The van der Waals surface area contributed by atoms with Gasteiger partial charge in [0.1, 0.15) is 17.3 Å². The summed E-state index contributed by atoms with van der Waals surface area (Å²) in [5, 5.41) is 0. The highest BCUT2D eigenvalue weighted by Crippen LogP contribution is 2.41. The third kappa shape index (κ3) is 1.85. The van der Waals surface area contributed by atoms with E-state index in [1.165, 1.54) is 18.4 Å². The van der Waals surface area contributed by atoms with Gasteiger partial charge in [0.2, 0.25) is 0 Å². The zero-order valence-electron chi connectivity index (χ0n) is 10.6. The first-order valence-electron chi connectivity index (χ1n) is 6.16. The van der Waals surface area contributed by atoms with Crippen molar-refractivity contribution in [2.24, 2.45) is 7.05 Å². The topological polar surface area (TPSA) is 43.8 Å². The van der Waals surface area contributed by atoms with Crippen molar-refractivity contribution in [2.45, 2.75) is 25.7 Å². The number of hydrogen-bond acceptors (Lipinski definition) is 2. The number of nitrogens with two attached hydrogens (primary N) is 1. The fraction of sp³-hybridized carbons (Fsp3) is 0.357. The molecule has 4 heteroatoms. The molecule has 0 radical (unpaired) electrons. The number of halogens is 1. The number of aryl methyl sites for hydroxylation is 1. The zero-order valence-corrected chi connectivity index (χ0v) is 12.2. The fourth-order valence-corrected chi connectivity index (χ4v) is 2.57. The number of nitrogens with zero attached hydrogens (tertiary/aromatic N) is 2. The predicted molar refractivity (Wildman–Crippen MR) is 77.5 cm³/mol. The molecule has 0 aliphatic heterocycles. The van der Waals surface area contributed by atoms with E-state index in [9.17, 15) is 0 Å². The van der Waals surface area contributed by atoms with Gasteiger partial charge in [0.05, 0.1) is 0 Å². The second-order valence-corrected chi connectivity index (χ2v) is 5.86. The lowest BCUT2D eigenvalue weighted by Gasteiger charge is -2.03. The maximum Gasteiger partial charge on any atom is 0.131 e. The molecule has 1 aromatic carbocycles. The number of imidazole rings is 1. The maximum atomic E-state index is 6.17. The average molecular weight is 306 g/mol. The molecule has 0 spiro atoms. The summed E-state index contributed by atoms with van der Waals surface area (Å²) in [7, 11) is 2.00. The summed E-state index contributed by atoms with van der Waals surface area (Å²) < 4.78 is 3.12. The van der Waals surface area contributed by atoms with Gasteiger partial charge in [0, 0.05) is 23.0 Å². The van der Waals surface area contributed by atoms with E-state index in [-0.39, 0.29) is 0 Å². The van der Waals surface area contributed by atoms with Gasteiger partial charge in [0.15, 0.2) is 0 Å². The van der Waals surface area contributed by atoms with Crippen LogP contribution < -0.4 is 5.73 Å². The average Bonchev–Trinajstić information content (AvgIpc) is 3.13. The van der Waals surface area contributed by atoms with E-state index < -0.39 is 0 Å². The van der Waals surface area contributed by atoms with Gasteiger partial charge in [-0.15, -0.1) is 0 Å². The van der Waals surface area contributed by atoms with Crippen LogP contribution in [0.25, 0.3) is 11.3 Å². The summed E-state index contributed by atoms with van der Waals surface area (Å²) in [6.45, 7) is 2.07. The molecular weight excluding hydrogens is 290 g/mol. The molecule has 94 valence electrons. The first-order chi connectivity index (χ1) is 8.58. The molecule has 1 saturated carbocycles. The molecule has 0 bridgehead atoms. The van der Waals surface area contributed by atoms with Crippen LogP contribution in [0.1, 0.15) is 30.1 Å². The van der Waals surface area contributed by atoms with Crippen molar-refractivity contribution in [3.05, 3.63) is 34.1 Å². The van der Waals surface area contributed by atoms with Gasteiger partial charge in [-0.25, -0.2) is 4.98 Å². The monoisotopic (exact) mass is 305 g/mol. The van der Waals surface area contributed by atoms with E-state index in [1.54, 1.807) is 0 Å². The standard InChI is InChI=1S/C14H16BrN3/c1-8-3-4-10(7-11(8)15)12-13(16)18(2)14(17-12)9-5-6-9/h3-4,7,9H,5-6,16H2,1-2H3. The third-order valence-electron chi connectivity index (χ3n) is 3.56. The van der Waals surface area contributed by atoms with Crippen LogP contribution in [0, 0.1) is 6.92 Å². The summed E-state index contributed by atoms with van der Waals surface area (Å²) in [4.78, 5) is 4.73. The van der Waals surface area contributed by atoms with Crippen molar-refractivity contribution < 1.29 is 0 Å². The highest BCUT2D eigenvalue weighted by atomic mass is 79.9. The number of benzene rings is 1. The van der Waals surface area contributed by atoms with Gasteiger partial charge in [-0.05, 0) is 31.4 Å². The number of rotatable bonds is 2. The van der Waals surface area contributed by atoms with Crippen molar-refractivity contribution >= 4 is 21.7 Å². The minimum Gasteiger partial charge on any atom is -0.383 e. The molecule has 3 nitrogen and oxygen atoms in total. The summed E-state index contributed by atoms with van der Waals surface area (Å²) in [6.07, 6.45) is 2.47. The summed E-state index contributed by atoms with van der Waals surface area (Å²) in [5.74, 6) is 2.49. The molecule has 1 aliphatic carbocycles. The summed E-state index contributed by atoms with van der Waals surface area (Å²) in [5.41, 5.74) is 9.37. The van der Waals surface area contributed by atoms with Crippen molar-refractivity contribution in [3.63, 3.8) is 0 Å². The third-order valence-corrected chi connectivity index (χ3v) is 4.42. The molecule has 3 rings (SSSR count). The van der Waals surface area contributed by atoms with Gasteiger partial charge < -0.3 is 10.3 Å². The zero-order chi connectivity index (χ0) is 12.9. The highest BCUT2D eigenvalue weighted by Gasteiger charge is 2.29. The Kier molecular flexibility index (Phi) is 2.70. The van der Waals surface area contributed by atoms with Gasteiger partial charge in [-0.3, -0.25) is 0 Å². The maximum absolute atomic E-state index is 6.17. The Labute approximate surface area is 115 Å². The Balaban J connectivity index is 2.10. The first-order valence-corrected chi connectivity index (χ1v) is 6.96. The van der Waals surface area contributed by atoms with E-state index in [0.29, 0.717) is 5.92 Å². The Morgan fingerprint density at radius 3 is 2.72 bits per heavy atom. The molecular formula is C14H16BrN3. The molecule has 1 aromatic heterocycles. The molecule has 2 aromatic rings. The van der Waals surface area contributed by atoms with Crippen LogP contribution in [0.15, 0.2) is 22.7 Å². The van der Waals surface area contributed by atoms with E-state index in [1.807, 2.05) is 11.6 Å². The summed E-state index contributed by atoms with van der Waals surface area (Å²) in [6, 6.07) is 6.25. The molecule has 18 heavy (non-hydrogen) atoms. The predicted octanol–water partition coefficient (Wildman–Crippen LogP) is 3.62. The second-order valence-electron chi connectivity index (χ2n) is 5.00. The quantitative estimate of drug-likeness (QED) is 0.921. The summed E-state index contributed by atoms with van der Waals surface area (Å²) >= 11 is 3.56. The smallest absolute Gasteiger partial charge is 0.131 e. The Hall–Kier alpha value is -1.29. The molecule has 0 atom stereocenters. The van der Waals surface area contributed by atoms with Gasteiger partial charge in [-0.2, -0.15) is 0 Å². The van der Waals surface area contributed by atoms with Gasteiger partial charge >= 0.3 is 0 Å². The van der Waals surface area contributed by atoms with Crippen LogP contribution in [-0.4, -0.2) is 9.55 Å². The lowest BCUT2D eigenvalue weighted by atomic mass is 10.1. The Morgan fingerprint density at radius 2 is 2.11 bits per heavy atom. The van der Waals surface area contributed by atoms with Gasteiger partial charge in [-0.1, -0.05) is 28.1 Å². The van der Waals surface area contributed by atoms with Gasteiger partial charge in [0.25, 0.3) is 0 Å². The van der Waals surface area contributed by atoms with E-state index in [4.69, 9.17) is 10.7 Å². The Morgan fingerprint density at radius 1 is 1.39 bits per heavy atom. The fourth-order valence-electron chi connectivity index (χ4n) is 2.19. The van der Waals surface area contributed by atoms with Crippen molar-refractivity contribution in [2.75, 3.05) is 5.73 Å². The highest BCUT2D eigenvalue weighted by molar-refractivity contribution is 9.10. The van der Waals surface area contributed by atoms with E-state index in [0.717, 1.165) is 27.4 Å². The molecule has 2 N–H and O–H groups in total. The Bertz CT molecular complexity index is 612. The van der Waals surface area contributed by atoms with Crippen LogP contribution in [0.2, 0.25) is 0 Å². The minimum absolute atomic E-state index is 0.611. The normalized spacial score (nSPS) is 15.1. The van der Waals surface area contributed by atoms with E-state index in [2.05, 4.69) is 41.1 Å². The lowest BCUT2D eigenvalue weighted by Crippen LogP contribution is -2.00. The lowest BCUT2D eigenvalue weighted by molar-refractivity contribution is 0.807. The minimum atomic E-state index is 0.611. The SMILES string of the molecule is Cc1ccc(-c2nc(C3CC3)n(C)c2N)cc1Br. The number of aromatic nitrogens is 2. The number of nitrogen functional groups attached to an aromatic ring is 1. The molecule has 0 amide bonds. The van der Waals surface area contributed by atoms with Crippen molar-refractivity contribution in [1.29, 1.82) is 0 Å². The van der Waals surface area contributed by atoms with Crippen molar-refractivity contribution in [3.8, 4) is 11.3 Å². The molecule has 1 heterocycles. The van der Waals surface area contributed by atoms with Crippen LogP contribution in [0.3, 0.4) is 0 Å². The number of anilines is 1. The van der Waals surface area contributed by atoms with Crippen LogP contribution in [0.4, 0.5) is 5.82 Å². The molecule has 1 fully saturated rings. The molecule has 0 saturated heterocycles. The molecule has 1 aliphatic rings. The van der Waals surface area contributed by atoms with E-state index >= 15 is 0 Å². The second kappa shape index (κ2) is 4.12.